The van der Waals surface area contributed by atoms with Gasteiger partial charge in [-0.2, -0.15) is 0 Å². The van der Waals surface area contributed by atoms with Crippen molar-refractivity contribution in [2.75, 3.05) is 33.2 Å². The van der Waals surface area contributed by atoms with Gasteiger partial charge in [0.15, 0.2) is 5.96 Å². The quantitative estimate of drug-likeness (QED) is 0.402. The molecule has 5 heteroatoms. The van der Waals surface area contributed by atoms with Crippen molar-refractivity contribution in [3.05, 3.63) is 0 Å². The smallest absolute Gasteiger partial charge is 0.191 e. The Kier molecular flexibility index (Phi) is 10.6. The van der Waals surface area contributed by atoms with Crippen LogP contribution in [0.1, 0.15) is 53.4 Å². The maximum Gasteiger partial charge on any atom is 0.191 e. The molecule has 0 amide bonds. The molecular weight excluding hydrogens is 375 g/mol. The number of rotatable bonds is 6. The Bertz CT molecular complexity index is 297. The van der Waals surface area contributed by atoms with E-state index in [1.807, 2.05) is 7.05 Å². The number of halogens is 1. The van der Waals surface area contributed by atoms with Crippen LogP contribution in [-0.4, -0.2) is 49.6 Å². The molecule has 1 fully saturated rings. The standard InChI is InChI=1S/C16H34N4.HI/c1-14(2)9-10-18-15(17-5)19-13-16(3,4)20-11-7-6-8-12-20;/h14H,6-13H2,1-5H3,(H2,17,18,19);1H. The molecule has 0 aliphatic carbocycles. The normalized spacial score (nSPS) is 17.5. The molecule has 1 aliphatic rings. The van der Waals surface area contributed by atoms with Crippen molar-refractivity contribution in [2.45, 2.75) is 58.9 Å². The Morgan fingerprint density at radius 3 is 2.29 bits per heavy atom. The summed E-state index contributed by atoms with van der Waals surface area (Å²) in [7, 11) is 1.85. The van der Waals surface area contributed by atoms with Crippen LogP contribution in [-0.2, 0) is 0 Å². The molecule has 1 heterocycles. The summed E-state index contributed by atoms with van der Waals surface area (Å²) in [5, 5.41) is 6.87. The van der Waals surface area contributed by atoms with Crippen molar-refractivity contribution in [1.82, 2.24) is 15.5 Å². The Morgan fingerprint density at radius 2 is 1.76 bits per heavy atom. The van der Waals surface area contributed by atoms with Gasteiger partial charge in [-0.05, 0) is 52.1 Å². The lowest BCUT2D eigenvalue weighted by Crippen LogP contribution is -2.54. The van der Waals surface area contributed by atoms with Gasteiger partial charge >= 0.3 is 0 Å². The minimum atomic E-state index is 0. The summed E-state index contributed by atoms with van der Waals surface area (Å²) in [5.74, 6) is 1.65. The van der Waals surface area contributed by atoms with Gasteiger partial charge in [-0.1, -0.05) is 20.3 Å². The highest BCUT2D eigenvalue weighted by Gasteiger charge is 2.27. The first-order valence-corrected chi connectivity index (χ1v) is 8.15. The number of nitrogens with zero attached hydrogens (tertiary/aromatic N) is 2. The topological polar surface area (TPSA) is 39.7 Å². The minimum absolute atomic E-state index is 0. The summed E-state index contributed by atoms with van der Waals surface area (Å²) in [5.41, 5.74) is 0.191. The largest absolute Gasteiger partial charge is 0.356 e. The molecule has 0 atom stereocenters. The van der Waals surface area contributed by atoms with Crippen molar-refractivity contribution >= 4 is 29.9 Å². The van der Waals surface area contributed by atoms with Gasteiger partial charge in [0.2, 0.25) is 0 Å². The third kappa shape index (κ3) is 8.24. The number of guanidine groups is 1. The van der Waals surface area contributed by atoms with E-state index >= 15 is 0 Å². The average Bonchev–Trinajstić information content (AvgIpc) is 2.43. The number of piperidine rings is 1. The van der Waals surface area contributed by atoms with Crippen LogP contribution < -0.4 is 10.6 Å². The molecule has 0 bridgehead atoms. The van der Waals surface area contributed by atoms with E-state index < -0.39 is 0 Å². The van der Waals surface area contributed by atoms with Crippen LogP contribution in [0.2, 0.25) is 0 Å². The first kappa shape index (κ1) is 21.0. The molecule has 4 nitrogen and oxygen atoms in total. The van der Waals surface area contributed by atoms with Gasteiger partial charge in [0.1, 0.15) is 0 Å². The fourth-order valence-electron chi connectivity index (χ4n) is 2.61. The first-order chi connectivity index (χ1) is 9.45. The molecule has 1 saturated heterocycles. The van der Waals surface area contributed by atoms with Crippen LogP contribution in [0.25, 0.3) is 0 Å². The Hall–Kier alpha value is -0.0400. The lowest BCUT2D eigenvalue weighted by atomic mass is 9.98. The molecule has 126 valence electrons. The van der Waals surface area contributed by atoms with Crippen molar-refractivity contribution in [2.24, 2.45) is 10.9 Å². The maximum atomic E-state index is 4.31. The summed E-state index contributed by atoms with van der Waals surface area (Å²) in [6.07, 6.45) is 5.24. The SMILES string of the molecule is CN=C(NCCC(C)C)NCC(C)(C)N1CCCCC1.I. The number of likely N-dealkylation sites (tertiary alicyclic amines) is 1. The van der Waals surface area contributed by atoms with Crippen LogP contribution in [0.4, 0.5) is 0 Å². The van der Waals surface area contributed by atoms with Crippen LogP contribution in [0.3, 0.4) is 0 Å². The molecule has 1 rings (SSSR count). The van der Waals surface area contributed by atoms with Gasteiger partial charge < -0.3 is 10.6 Å². The molecule has 21 heavy (non-hydrogen) atoms. The Labute approximate surface area is 148 Å². The van der Waals surface area contributed by atoms with Crippen molar-refractivity contribution in [3.8, 4) is 0 Å². The monoisotopic (exact) mass is 410 g/mol. The lowest BCUT2D eigenvalue weighted by Gasteiger charge is -2.41. The minimum Gasteiger partial charge on any atom is -0.356 e. The summed E-state index contributed by atoms with van der Waals surface area (Å²) >= 11 is 0. The van der Waals surface area contributed by atoms with Gasteiger partial charge in [0.05, 0.1) is 0 Å². The van der Waals surface area contributed by atoms with E-state index in [1.54, 1.807) is 0 Å². The zero-order valence-corrected chi connectivity index (χ0v) is 16.9. The maximum absolute atomic E-state index is 4.31. The average molecular weight is 410 g/mol. The van der Waals surface area contributed by atoms with Gasteiger partial charge in [-0.25, -0.2) is 0 Å². The van der Waals surface area contributed by atoms with Gasteiger partial charge in [-0.3, -0.25) is 9.89 Å². The van der Waals surface area contributed by atoms with Gasteiger partial charge in [0.25, 0.3) is 0 Å². The highest BCUT2D eigenvalue weighted by atomic mass is 127. The zero-order valence-electron chi connectivity index (χ0n) is 14.5. The molecule has 2 N–H and O–H groups in total. The van der Waals surface area contributed by atoms with E-state index in [-0.39, 0.29) is 29.5 Å². The van der Waals surface area contributed by atoms with E-state index in [4.69, 9.17) is 0 Å². The van der Waals surface area contributed by atoms with E-state index in [2.05, 4.69) is 48.2 Å². The zero-order chi connectivity index (χ0) is 15.0. The fourth-order valence-corrected chi connectivity index (χ4v) is 2.61. The van der Waals surface area contributed by atoms with E-state index in [0.29, 0.717) is 0 Å². The predicted molar refractivity (Wildman–Crippen MR) is 104 cm³/mol. The van der Waals surface area contributed by atoms with Crippen LogP contribution in [0.15, 0.2) is 4.99 Å². The molecule has 0 aromatic heterocycles. The summed E-state index contributed by atoms with van der Waals surface area (Å²) < 4.78 is 0. The Morgan fingerprint density at radius 1 is 1.14 bits per heavy atom. The number of aliphatic imine (C=N–C) groups is 1. The summed E-state index contributed by atoms with van der Waals surface area (Å²) in [6.45, 7) is 13.5. The van der Waals surface area contributed by atoms with Gasteiger partial charge in [-0.15, -0.1) is 24.0 Å². The van der Waals surface area contributed by atoms with Crippen molar-refractivity contribution in [1.29, 1.82) is 0 Å². The third-order valence-corrected chi connectivity index (χ3v) is 4.14. The van der Waals surface area contributed by atoms with Crippen LogP contribution in [0, 0.1) is 5.92 Å². The number of hydrogen-bond acceptors (Lipinski definition) is 2. The molecular formula is C16H35IN4. The molecule has 1 aliphatic heterocycles. The Balaban J connectivity index is 0.00000400. The molecule has 0 unspecified atom stereocenters. The molecule has 0 radical (unpaired) electrons. The van der Waals surface area contributed by atoms with E-state index in [1.165, 1.54) is 38.8 Å². The summed E-state index contributed by atoms with van der Waals surface area (Å²) in [6, 6.07) is 0. The first-order valence-electron chi connectivity index (χ1n) is 8.15. The second-order valence-corrected chi connectivity index (χ2v) is 6.90. The van der Waals surface area contributed by atoms with Crippen LogP contribution >= 0.6 is 24.0 Å². The second-order valence-electron chi connectivity index (χ2n) is 6.90. The van der Waals surface area contributed by atoms with Gasteiger partial charge in [0, 0.05) is 25.7 Å². The van der Waals surface area contributed by atoms with E-state index in [9.17, 15) is 0 Å². The molecule has 0 aromatic carbocycles. The molecule has 0 saturated carbocycles. The highest BCUT2D eigenvalue weighted by molar-refractivity contribution is 14.0. The third-order valence-electron chi connectivity index (χ3n) is 4.14. The van der Waals surface area contributed by atoms with Crippen molar-refractivity contribution in [3.63, 3.8) is 0 Å². The lowest BCUT2D eigenvalue weighted by molar-refractivity contribution is 0.0982. The highest BCUT2D eigenvalue weighted by Crippen LogP contribution is 2.19. The van der Waals surface area contributed by atoms with E-state index in [0.717, 1.165) is 25.0 Å². The number of nitrogens with one attached hydrogen (secondary N) is 2. The number of hydrogen-bond donors (Lipinski definition) is 2. The van der Waals surface area contributed by atoms with Crippen LogP contribution in [0.5, 0.6) is 0 Å². The molecule has 0 spiro atoms. The second kappa shape index (κ2) is 10.6. The molecule has 0 aromatic rings. The fraction of sp³-hybridized carbons (Fsp3) is 0.938. The predicted octanol–water partition coefficient (Wildman–Crippen LogP) is 3.08. The van der Waals surface area contributed by atoms with Crippen molar-refractivity contribution < 1.29 is 0 Å². The summed E-state index contributed by atoms with van der Waals surface area (Å²) in [4.78, 5) is 6.91.